The number of rotatable bonds is 9. The van der Waals surface area contributed by atoms with Crippen LogP contribution in [0.3, 0.4) is 0 Å². The molecule has 1 N–H and O–H groups in total. The van der Waals surface area contributed by atoms with Gasteiger partial charge in [-0.05, 0) is 71.6 Å². The first kappa shape index (κ1) is 24.5. The number of halogens is 2. The van der Waals surface area contributed by atoms with Crippen LogP contribution in [0.1, 0.15) is 25.0 Å². The van der Waals surface area contributed by atoms with E-state index in [2.05, 4.69) is 13.8 Å². The van der Waals surface area contributed by atoms with Gasteiger partial charge in [0.25, 0.3) is 0 Å². The summed E-state index contributed by atoms with van der Waals surface area (Å²) in [6.07, 6.45) is -0.112. The zero-order valence-corrected chi connectivity index (χ0v) is 20.3. The molecule has 0 radical (unpaired) electrons. The number of hydrogen-bond acceptors (Lipinski definition) is 3. The van der Waals surface area contributed by atoms with E-state index in [1.165, 1.54) is 12.1 Å². The van der Waals surface area contributed by atoms with Crippen molar-refractivity contribution in [3.05, 3.63) is 94.8 Å². The van der Waals surface area contributed by atoms with Crippen molar-refractivity contribution >= 4 is 17.6 Å². The minimum Gasteiger partial charge on any atom is -0.488 e. The molecule has 0 aliphatic heterocycles. The molecule has 1 heterocycles. The Labute approximate surface area is 208 Å². The van der Waals surface area contributed by atoms with E-state index in [1.54, 1.807) is 36.4 Å². The van der Waals surface area contributed by atoms with Gasteiger partial charge in [0.15, 0.2) is 0 Å². The van der Waals surface area contributed by atoms with Crippen LogP contribution < -0.4 is 4.74 Å². The minimum absolute atomic E-state index is 0.112. The molecule has 0 amide bonds. The highest BCUT2D eigenvalue weighted by molar-refractivity contribution is 6.30. The topological polar surface area (TPSA) is 64.4 Å². The SMILES string of the molecule is CC(C)Cn1nc(-c2cc(CC(=O)O)ccc2OCc2cccc(Cl)c2)cc1-c1ccc(F)cc1. The first-order valence-corrected chi connectivity index (χ1v) is 11.7. The average Bonchev–Trinajstić information content (AvgIpc) is 3.21. The Hall–Kier alpha value is -3.64. The molecule has 0 aliphatic rings. The molecular formula is C28H26ClFN2O3. The molecular weight excluding hydrogens is 467 g/mol. The van der Waals surface area contributed by atoms with E-state index >= 15 is 0 Å². The molecule has 4 aromatic rings. The molecule has 0 aliphatic carbocycles. The van der Waals surface area contributed by atoms with Crippen molar-refractivity contribution in [2.24, 2.45) is 5.92 Å². The Kier molecular flexibility index (Phi) is 7.51. The second-order valence-electron chi connectivity index (χ2n) is 8.82. The van der Waals surface area contributed by atoms with Gasteiger partial charge in [0.2, 0.25) is 0 Å². The lowest BCUT2D eigenvalue weighted by atomic mass is 10.0. The summed E-state index contributed by atoms with van der Waals surface area (Å²) in [5, 5.41) is 14.8. The smallest absolute Gasteiger partial charge is 0.307 e. The fraction of sp³-hybridized carbons (Fsp3) is 0.214. The first-order chi connectivity index (χ1) is 16.8. The summed E-state index contributed by atoms with van der Waals surface area (Å²) < 4.78 is 21.6. The predicted molar refractivity (Wildman–Crippen MR) is 135 cm³/mol. The van der Waals surface area contributed by atoms with Crippen LogP contribution in [0.4, 0.5) is 4.39 Å². The van der Waals surface area contributed by atoms with Gasteiger partial charge in [0, 0.05) is 22.7 Å². The largest absolute Gasteiger partial charge is 0.488 e. The maximum Gasteiger partial charge on any atom is 0.307 e. The summed E-state index contributed by atoms with van der Waals surface area (Å²) >= 11 is 6.11. The van der Waals surface area contributed by atoms with Crippen LogP contribution in [-0.4, -0.2) is 20.9 Å². The van der Waals surface area contributed by atoms with Crippen molar-refractivity contribution in [1.29, 1.82) is 0 Å². The van der Waals surface area contributed by atoms with Gasteiger partial charge in [-0.1, -0.05) is 43.6 Å². The van der Waals surface area contributed by atoms with Crippen LogP contribution in [0, 0.1) is 11.7 Å². The van der Waals surface area contributed by atoms with Crippen molar-refractivity contribution in [3.8, 4) is 28.3 Å². The highest BCUT2D eigenvalue weighted by atomic mass is 35.5. The molecule has 180 valence electrons. The van der Waals surface area contributed by atoms with Gasteiger partial charge in [-0.2, -0.15) is 5.10 Å². The van der Waals surface area contributed by atoms with E-state index in [1.807, 2.05) is 28.9 Å². The van der Waals surface area contributed by atoms with Crippen molar-refractivity contribution in [2.75, 3.05) is 0 Å². The molecule has 0 fully saturated rings. The third-order valence-electron chi connectivity index (χ3n) is 5.42. The Balaban J connectivity index is 1.76. The molecule has 3 aromatic carbocycles. The Morgan fingerprint density at radius 2 is 1.83 bits per heavy atom. The number of carboxylic acid groups (broad SMARTS) is 1. The van der Waals surface area contributed by atoms with Crippen LogP contribution in [0.2, 0.25) is 5.02 Å². The molecule has 4 rings (SSSR count). The average molecular weight is 493 g/mol. The standard InChI is InChI=1S/C28H26ClFN2O3/c1-18(2)16-32-26(21-7-9-23(30)10-8-21)15-25(31-32)24-13-19(14-28(33)34)6-11-27(24)35-17-20-4-3-5-22(29)12-20/h3-13,15,18H,14,16-17H2,1-2H3,(H,33,34). The molecule has 0 spiro atoms. The summed E-state index contributed by atoms with van der Waals surface area (Å²) in [6, 6.07) is 21.0. The summed E-state index contributed by atoms with van der Waals surface area (Å²) in [7, 11) is 0. The number of aliphatic carboxylic acids is 1. The van der Waals surface area contributed by atoms with Crippen molar-refractivity contribution in [1.82, 2.24) is 9.78 Å². The number of benzene rings is 3. The molecule has 0 unspecified atom stereocenters. The van der Waals surface area contributed by atoms with E-state index in [0.717, 1.165) is 16.8 Å². The van der Waals surface area contributed by atoms with Crippen LogP contribution in [0.25, 0.3) is 22.5 Å². The normalized spacial score (nSPS) is 11.1. The van der Waals surface area contributed by atoms with Gasteiger partial charge in [-0.3, -0.25) is 9.48 Å². The monoisotopic (exact) mass is 492 g/mol. The number of hydrogen-bond donors (Lipinski definition) is 1. The van der Waals surface area contributed by atoms with Crippen molar-refractivity contribution in [3.63, 3.8) is 0 Å². The zero-order chi connectivity index (χ0) is 24.9. The second kappa shape index (κ2) is 10.7. The first-order valence-electron chi connectivity index (χ1n) is 11.3. The van der Waals surface area contributed by atoms with Crippen LogP contribution in [0.5, 0.6) is 5.75 Å². The number of carboxylic acids is 1. The van der Waals surface area contributed by atoms with E-state index in [0.29, 0.717) is 46.7 Å². The van der Waals surface area contributed by atoms with Crippen LogP contribution in [0.15, 0.2) is 72.8 Å². The quantitative estimate of drug-likeness (QED) is 0.277. The molecule has 0 atom stereocenters. The summed E-state index contributed by atoms with van der Waals surface area (Å²) in [6.45, 7) is 5.16. The molecule has 0 saturated carbocycles. The minimum atomic E-state index is -0.916. The number of ether oxygens (including phenoxy) is 1. The van der Waals surface area contributed by atoms with E-state index in [-0.39, 0.29) is 12.2 Å². The van der Waals surface area contributed by atoms with Gasteiger partial charge in [-0.15, -0.1) is 0 Å². The number of aromatic nitrogens is 2. The van der Waals surface area contributed by atoms with E-state index < -0.39 is 5.97 Å². The fourth-order valence-corrected chi connectivity index (χ4v) is 4.07. The van der Waals surface area contributed by atoms with Gasteiger partial charge in [0.05, 0.1) is 17.8 Å². The molecule has 1 aromatic heterocycles. The van der Waals surface area contributed by atoms with Crippen LogP contribution >= 0.6 is 11.6 Å². The maximum atomic E-state index is 13.5. The second-order valence-corrected chi connectivity index (χ2v) is 9.25. The molecule has 5 nitrogen and oxygen atoms in total. The van der Waals surface area contributed by atoms with Gasteiger partial charge >= 0.3 is 5.97 Å². The maximum absolute atomic E-state index is 13.5. The molecule has 35 heavy (non-hydrogen) atoms. The molecule has 0 saturated heterocycles. The Morgan fingerprint density at radius 1 is 1.06 bits per heavy atom. The highest BCUT2D eigenvalue weighted by Crippen LogP contribution is 2.34. The molecule has 7 heteroatoms. The fourth-order valence-electron chi connectivity index (χ4n) is 3.86. The van der Waals surface area contributed by atoms with Gasteiger partial charge in [0.1, 0.15) is 18.2 Å². The number of carbonyl (C=O) groups is 1. The van der Waals surface area contributed by atoms with Crippen molar-refractivity contribution in [2.45, 2.75) is 33.4 Å². The lowest BCUT2D eigenvalue weighted by Crippen LogP contribution is -2.08. The zero-order valence-electron chi connectivity index (χ0n) is 19.5. The van der Waals surface area contributed by atoms with Crippen LogP contribution in [-0.2, 0) is 24.4 Å². The third-order valence-corrected chi connectivity index (χ3v) is 5.65. The summed E-state index contributed by atoms with van der Waals surface area (Å²) in [5.74, 6) is -0.305. The van der Waals surface area contributed by atoms with E-state index in [4.69, 9.17) is 21.4 Å². The van der Waals surface area contributed by atoms with Crippen molar-refractivity contribution < 1.29 is 19.0 Å². The summed E-state index contributed by atoms with van der Waals surface area (Å²) in [5.41, 5.74) is 4.58. The third kappa shape index (κ3) is 6.28. The Bertz CT molecular complexity index is 1330. The molecule has 0 bridgehead atoms. The van der Waals surface area contributed by atoms with Gasteiger partial charge < -0.3 is 9.84 Å². The lowest BCUT2D eigenvalue weighted by molar-refractivity contribution is -0.136. The van der Waals surface area contributed by atoms with E-state index in [9.17, 15) is 14.3 Å². The predicted octanol–water partition coefficient (Wildman–Crippen LogP) is 6.87. The highest BCUT2D eigenvalue weighted by Gasteiger charge is 2.17. The lowest BCUT2D eigenvalue weighted by Gasteiger charge is -2.12. The van der Waals surface area contributed by atoms with Gasteiger partial charge in [-0.25, -0.2) is 4.39 Å². The summed E-state index contributed by atoms with van der Waals surface area (Å²) in [4.78, 5) is 11.3. The number of nitrogens with zero attached hydrogens (tertiary/aromatic N) is 2. The Morgan fingerprint density at radius 3 is 2.51 bits per heavy atom.